The van der Waals surface area contributed by atoms with Crippen molar-refractivity contribution in [2.75, 3.05) is 0 Å². The molecule has 1 heterocycles. The average Bonchev–Trinajstić information content (AvgIpc) is 2.83. The smallest absolute Gasteiger partial charge is 0.158 e. The van der Waals surface area contributed by atoms with E-state index in [2.05, 4.69) is 21.2 Å². The number of hydrazone groups is 1. The van der Waals surface area contributed by atoms with Crippen LogP contribution >= 0.6 is 16.1 Å². The number of halogens is 1. The number of hydrogen-bond donors (Lipinski definition) is 0. The fourth-order valence-electron chi connectivity index (χ4n) is 1.96. The molecule has 1 unspecified atom stereocenters. The lowest BCUT2D eigenvalue weighted by atomic mass is 9.99. The summed E-state index contributed by atoms with van der Waals surface area (Å²) in [5.74, 6) is 0. The first-order valence-corrected chi connectivity index (χ1v) is 6.37. The Morgan fingerprint density at radius 3 is 2.22 bits per heavy atom. The summed E-state index contributed by atoms with van der Waals surface area (Å²) in [6.45, 7) is 0. The summed E-state index contributed by atoms with van der Waals surface area (Å²) in [4.78, 5) is 5.66. The minimum Gasteiger partial charge on any atom is -0.232 e. The average molecular weight is 303 g/mol. The topological polar surface area (TPSA) is 24.8 Å². The summed E-state index contributed by atoms with van der Waals surface area (Å²) in [5, 5.41) is 4.36. The van der Waals surface area contributed by atoms with Gasteiger partial charge in [-0.1, -0.05) is 64.9 Å². The predicted molar refractivity (Wildman–Crippen MR) is 74.0 cm³/mol. The highest BCUT2D eigenvalue weighted by molar-refractivity contribution is 9.07. The summed E-state index contributed by atoms with van der Waals surface area (Å²) < 4.78 is 1.34. The van der Waals surface area contributed by atoms with E-state index in [1.165, 1.54) is 4.20 Å². The molecular formula is C14H11BrN2O. The molecule has 3 rings (SSSR count). The van der Waals surface area contributed by atoms with E-state index in [4.69, 9.17) is 4.84 Å². The minimum absolute atomic E-state index is 0.173. The van der Waals surface area contributed by atoms with Crippen molar-refractivity contribution in [1.82, 2.24) is 4.20 Å². The summed E-state index contributed by atoms with van der Waals surface area (Å²) in [6.07, 6.45) is -0.173. The van der Waals surface area contributed by atoms with E-state index < -0.39 is 0 Å². The van der Waals surface area contributed by atoms with Crippen molar-refractivity contribution in [3.63, 3.8) is 0 Å². The van der Waals surface area contributed by atoms with Gasteiger partial charge in [0.15, 0.2) is 6.10 Å². The van der Waals surface area contributed by atoms with Gasteiger partial charge in [-0.15, -0.1) is 5.10 Å². The Labute approximate surface area is 114 Å². The number of rotatable bonds is 2. The van der Waals surface area contributed by atoms with E-state index in [1.807, 2.05) is 60.7 Å². The maximum atomic E-state index is 5.66. The van der Waals surface area contributed by atoms with Crippen molar-refractivity contribution < 1.29 is 4.84 Å². The molecule has 0 aliphatic carbocycles. The number of hydrogen-bond acceptors (Lipinski definition) is 3. The van der Waals surface area contributed by atoms with Crippen molar-refractivity contribution in [1.29, 1.82) is 0 Å². The largest absolute Gasteiger partial charge is 0.232 e. The van der Waals surface area contributed by atoms with Crippen molar-refractivity contribution in [3.05, 3.63) is 71.8 Å². The van der Waals surface area contributed by atoms with Crippen LogP contribution in [0.3, 0.4) is 0 Å². The van der Waals surface area contributed by atoms with E-state index in [9.17, 15) is 0 Å². The molecular weight excluding hydrogens is 292 g/mol. The second-order valence-electron chi connectivity index (χ2n) is 3.97. The van der Waals surface area contributed by atoms with Crippen LogP contribution in [0.25, 0.3) is 0 Å². The van der Waals surface area contributed by atoms with Crippen LogP contribution in [0.15, 0.2) is 65.8 Å². The third kappa shape index (κ3) is 2.17. The Hall–Kier alpha value is -1.65. The van der Waals surface area contributed by atoms with Gasteiger partial charge in [-0.2, -0.15) is 0 Å². The monoisotopic (exact) mass is 302 g/mol. The van der Waals surface area contributed by atoms with Crippen LogP contribution in [0.2, 0.25) is 0 Å². The van der Waals surface area contributed by atoms with E-state index in [1.54, 1.807) is 0 Å². The van der Waals surface area contributed by atoms with Crippen LogP contribution in [0.5, 0.6) is 0 Å². The number of benzene rings is 2. The fraction of sp³-hybridized carbons (Fsp3) is 0.0714. The summed E-state index contributed by atoms with van der Waals surface area (Å²) in [5.41, 5.74) is 3.05. The molecule has 4 heteroatoms. The normalized spacial score (nSPS) is 18.8. The lowest BCUT2D eigenvalue weighted by Crippen LogP contribution is -2.11. The quantitative estimate of drug-likeness (QED) is 0.790. The Bertz CT molecular complexity index is 557. The standard InChI is InChI=1S/C14H11BrN2O/c15-17-16-13(11-7-3-1-4-8-11)14(18-17)12-9-5-2-6-10-12/h1-10,14H. The van der Waals surface area contributed by atoms with E-state index in [0.29, 0.717) is 0 Å². The molecule has 0 N–H and O–H groups in total. The van der Waals surface area contributed by atoms with Crippen LogP contribution in [-0.2, 0) is 4.84 Å². The molecule has 0 radical (unpaired) electrons. The molecule has 1 aliphatic rings. The van der Waals surface area contributed by atoms with E-state index in [0.717, 1.165) is 16.8 Å². The zero-order valence-electron chi connectivity index (χ0n) is 9.53. The molecule has 0 saturated heterocycles. The molecule has 0 spiro atoms. The van der Waals surface area contributed by atoms with Crippen molar-refractivity contribution in [2.24, 2.45) is 5.10 Å². The number of nitrogens with zero attached hydrogens (tertiary/aromatic N) is 2. The highest BCUT2D eigenvalue weighted by atomic mass is 79.9. The molecule has 0 fully saturated rings. The van der Waals surface area contributed by atoms with Gasteiger partial charge in [0.05, 0.1) is 0 Å². The van der Waals surface area contributed by atoms with Gasteiger partial charge in [0.25, 0.3) is 0 Å². The third-order valence-electron chi connectivity index (χ3n) is 2.80. The van der Waals surface area contributed by atoms with Crippen LogP contribution in [0, 0.1) is 0 Å². The molecule has 0 saturated carbocycles. The minimum atomic E-state index is -0.173. The van der Waals surface area contributed by atoms with E-state index in [-0.39, 0.29) is 6.10 Å². The summed E-state index contributed by atoms with van der Waals surface area (Å²) in [7, 11) is 0. The molecule has 18 heavy (non-hydrogen) atoms. The van der Waals surface area contributed by atoms with Gasteiger partial charge in [-0.05, 0) is 5.56 Å². The van der Waals surface area contributed by atoms with Gasteiger partial charge in [-0.25, -0.2) is 4.84 Å². The molecule has 2 aromatic carbocycles. The van der Waals surface area contributed by atoms with Gasteiger partial charge >= 0.3 is 0 Å². The molecule has 0 aromatic heterocycles. The lowest BCUT2D eigenvalue weighted by Gasteiger charge is -2.12. The Balaban J connectivity index is 1.99. The zero-order valence-corrected chi connectivity index (χ0v) is 11.1. The second kappa shape index (κ2) is 4.92. The van der Waals surface area contributed by atoms with Gasteiger partial charge < -0.3 is 0 Å². The van der Waals surface area contributed by atoms with Gasteiger partial charge in [0, 0.05) is 5.56 Å². The highest BCUT2D eigenvalue weighted by Crippen LogP contribution is 2.31. The maximum Gasteiger partial charge on any atom is 0.158 e. The molecule has 0 amide bonds. The zero-order chi connectivity index (χ0) is 12.4. The second-order valence-corrected chi connectivity index (χ2v) is 4.58. The van der Waals surface area contributed by atoms with Crippen molar-refractivity contribution >= 4 is 21.9 Å². The van der Waals surface area contributed by atoms with Crippen LogP contribution < -0.4 is 0 Å². The Morgan fingerprint density at radius 1 is 0.944 bits per heavy atom. The van der Waals surface area contributed by atoms with E-state index >= 15 is 0 Å². The van der Waals surface area contributed by atoms with Gasteiger partial charge in [-0.3, -0.25) is 0 Å². The maximum absolute atomic E-state index is 5.66. The van der Waals surface area contributed by atoms with Gasteiger partial charge in [0.2, 0.25) is 0 Å². The van der Waals surface area contributed by atoms with Gasteiger partial charge in [0.1, 0.15) is 21.9 Å². The molecule has 0 bridgehead atoms. The predicted octanol–water partition coefficient (Wildman–Crippen LogP) is 3.69. The molecule has 2 aromatic rings. The Kier molecular flexibility index (Phi) is 3.13. The SMILES string of the molecule is BrN1N=C(c2ccccc2)C(c2ccccc2)O1. The van der Waals surface area contributed by atoms with Crippen LogP contribution in [-0.4, -0.2) is 9.91 Å². The first kappa shape index (κ1) is 11.4. The summed E-state index contributed by atoms with van der Waals surface area (Å²) in [6, 6.07) is 20.1. The summed E-state index contributed by atoms with van der Waals surface area (Å²) >= 11 is 3.24. The van der Waals surface area contributed by atoms with Crippen LogP contribution in [0.1, 0.15) is 17.2 Å². The molecule has 1 aliphatic heterocycles. The molecule has 3 nitrogen and oxygen atoms in total. The highest BCUT2D eigenvalue weighted by Gasteiger charge is 2.29. The lowest BCUT2D eigenvalue weighted by molar-refractivity contribution is -0.0699. The fourth-order valence-corrected chi connectivity index (χ4v) is 2.30. The molecule has 1 atom stereocenters. The third-order valence-corrected chi connectivity index (χ3v) is 3.12. The Morgan fingerprint density at radius 2 is 1.56 bits per heavy atom. The van der Waals surface area contributed by atoms with Crippen molar-refractivity contribution in [2.45, 2.75) is 6.10 Å². The van der Waals surface area contributed by atoms with Crippen molar-refractivity contribution in [3.8, 4) is 0 Å². The van der Waals surface area contributed by atoms with Crippen LogP contribution in [0.4, 0.5) is 0 Å². The first-order valence-electron chi connectivity index (χ1n) is 5.66. The molecule has 90 valence electrons. The first-order chi connectivity index (χ1) is 8.84.